The van der Waals surface area contributed by atoms with Crippen LogP contribution in [0.15, 0.2) is 36.4 Å². The standard InChI is InChI=1S/C21H23N3O6/c1-28-10-4-9-24-19(25)15-7-5-13(11-16(15)20(24)26)22-21(27)23-17-8-6-14(29-2)12-18(17)30-3/h5-8,11-12H,4,9-10H2,1-3H3,(H2,22,23,27). The summed E-state index contributed by atoms with van der Waals surface area (Å²) < 4.78 is 15.4. The van der Waals surface area contributed by atoms with Crippen LogP contribution < -0.4 is 20.1 Å². The number of imide groups is 1. The van der Waals surface area contributed by atoms with Gasteiger partial charge in [-0.15, -0.1) is 0 Å². The first kappa shape index (κ1) is 21.1. The van der Waals surface area contributed by atoms with Crippen LogP contribution in [-0.4, -0.2) is 57.2 Å². The Morgan fingerprint density at radius 1 is 0.933 bits per heavy atom. The summed E-state index contributed by atoms with van der Waals surface area (Å²) >= 11 is 0. The highest BCUT2D eigenvalue weighted by molar-refractivity contribution is 6.22. The number of nitrogens with zero attached hydrogens (tertiary/aromatic N) is 1. The summed E-state index contributed by atoms with van der Waals surface area (Å²) in [5.41, 5.74) is 1.42. The van der Waals surface area contributed by atoms with Crippen molar-refractivity contribution in [3.8, 4) is 11.5 Å². The Bertz CT molecular complexity index is 975. The van der Waals surface area contributed by atoms with Crippen LogP contribution in [0.3, 0.4) is 0 Å². The molecule has 0 spiro atoms. The summed E-state index contributed by atoms with van der Waals surface area (Å²) in [7, 11) is 4.58. The lowest BCUT2D eigenvalue weighted by Crippen LogP contribution is -2.31. The van der Waals surface area contributed by atoms with E-state index in [0.29, 0.717) is 41.5 Å². The molecule has 158 valence electrons. The van der Waals surface area contributed by atoms with Crippen molar-refractivity contribution in [3.05, 3.63) is 47.5 Å². The molecule has 0 aromatic heterocycles. The van der Waals surface area contributed by atoms with Crippen LogP contribution in [0.1, 0.15) is 27.1 Å². The van der Waals surface area contributed by atoms with Crippen molar-refractivity contribution in [2.75, 3.05) is 45.1 Å². The lowest BCUT2D eigenvalue weighted by Gasteiger charge is -2.13. The molecule has 0 unspecified atom stereocenters. The molecule has 2 aromatic rings. The highest BCUT2D eigenvalue weighted by Crippen LogP contribution is 2.30. The normalized spacial score (nSPS) is 12.6. The van der Waals surface area contributed by atoms with Crippen molar-refractivity contribution in [1.82, 2.24) is 4.90 Å². The van der Waals surface area contributed by atoms with E-state index in [1.165, 1.54) is 31.3 Å². The van der Waals surface area contributed by atoms with Gasteiger partial charge in [0.2, 0.25) is 0 Å². The Morgan fingerprint density at radius 3 is 2.40 bits per heavy atom. The molecule has 2 aromatic carbocycles. The Kier molecular flexibility index (Phi) is 6.53. The molecule has 2 N–H and O–H groups in total. The summed E-state index contributed by atoms with van der Waals surface area (Å²) in [5.74, 6) is 0.303. The number of fused-ring (bicyclic) bond motifs is 1. The molecule has 0 fully saturated rings. The van der Waals surface area contributed by atoms with Gasteiger partial charge in [-0.05, 0) is 36.8 Å². The number of hydrogen-bond donors (Lipinski definition) is 2. The third-order valence-electron chi connectivity index (χ3n) is 4.62. The molecule has 1 heterocycles. The third kappa shape index (κ3) is 4.36. The van der Waals surface area contributed by atoms with Crippen LogP contribution in [0.2, 0.25) is 0 Å². The predicted molar refractivity (Wildman–Crippen MR) is 110 cm³/mol. The van der Waals surface area contributed by atoms with Gasteiger partial charge in [-0.3, -0.25) is 14.5 Å². The number of carbonyl (C=O) groups excluding carboxylic acids is 3. The largest absolute Gasteiger partial charge is 0.497 e. The van der Waals surface area contributed by atoms with E-state index in [2.05, 4.69) is 10.6 Å². The molecule has 0 saturated heterocycles. The molecular weight excluding hydrogens is 390 g/mol. The fraction of sp³-hybridized carbons (Fsp3) is 0.286. The number of amides is 4. The number of urea groups is 1. The summed E-state index contributed by atoms with van der Waals surface area (Å²) in [6, 6.07) is 9.08. The number of ether oxygens (including phenoxy) is 3. The van der Waals surface area contributed by atoms with Crippen LogP contribution in [0, 0.1) is 0 Å². The zero-order chi connectivity index (χ0) is 21.7. The molecular formula is C21H23N3O6. The Balaban J connectivity index is 1.70. The van der Waals surface area contributed by atoms with Crippen LogP contribution >= 0.6 is 0 Å². The quantitative estimate of drug-likeness (QED) is 0.509. The van der Waals surface area contributed by atoms with Gasteiger partial charge in [0.25, 0.3) is 11.8 Å². The Labute approximate surface area is 173 Å². The fourth-order valence-electron chi connectivity index (χ4n) is 3.13. The third-order valence-corrected chi connectivity index (χ3v) is 4.62. The lowest BCUT2D eigenvalue weighted by atomic mass is 10.1. The lowest BCUT2D eigenvalue weighted by molar-refractivity contribution is 0.0638. The average Bonchev–Trinajstić information content (AvgIpc) is 2.98. The van der Waals surface area contributed by atoms with Gasteiger partial charge >= 0.3 is 6.03 Å². The van der Waals surface area contributed by atoms with Gasteiger partial charge in [0, 0.05) is 32.0 Å². The van der Waals surface area contributed by atoms with E-state index < -0.39 is 6.03 Å². The molecule has 9 nitrogen and oxygen atoms in total. The van der Waals surface area contributed by atoms with Crippen LogP contribution in [0.25, 0.3) is 0 Å². The van der Waals surface area contributed by atoms with Crippen molar-refractivity contribution in [3.63, 3.8) is 0 Å². The van der Waals surface area contributed by atoms with Gasteiger partial charge < -0.3 is 24.8 Å². The monoisotopic (exact) mass is 413 g/mol. The van der Waals surface area contributed by atoms with Crippen molar-refractivity contribution < 1.29 is 28.6 Å². The van der Waals surface area contributed by atoms with Crippen LogP contribution in [0.5, 0.6) is 11.5 Å². The summed E-state index contributed by atoms with van der Waals surface area (Å²) in [5, 5.41) is 5.35. The molecule has 0 saturated carbocycles. The second-order valence-corrected chi connectivity index (χ2v) is 6.51. The molecule has 0 radical (unpaired) electrons. The fourth-order valence-corrected chi connectivity index (χ4v) is 3.13. The maximum absolute atomic E-state index is 12.6. The number of methoxy groups -OCH3 is 3. The molecule has 1 aliphatic rings. The van der Waals surface area contributed by atoms with Crippen LogP contribution in [-0.2, 0) is 4.74 Å². The van der Waals surface area contributed by atoms with E-state index in [-0.39, 0.29) is 23.9 Å². The number of hydrogen-bond acceptors (Lipinski definition) is 6. The molecule has 30 heavy (non-hydrogen) atoms. The first-order chi connectivity index (χ1) is 14.5. The van der Waals surface area contributed by atoms with Gasteiger partial charge in [-0.2, -0.15) is 0 Å². The average molecular weight is 413 g/mol. The van der Waals surface area contributed by atoms with Gasteiger partial charge in [0.15, 0.2) is 0 Å². The van der Waals surface area contributed by atoms with E-state index in [1.807, 2.05) is 0 Å². The maximum atomic E-state index is 12.6. The number of rotatable bonds is 8. The smallest absolute Gasteiger partial charge is 0.323 e. The van der Waals surface area contributed by atoms with Crippen molar-refractivity contribution in [1.29, 1.82) is 0 Å². The van der Waals surface area contributed by atoms with Crippen LogP contribution in [0.4, 0.5) is 16.2 Å². The van der Waals surface area contributed by atoms with E-state index >= 15 is 0 Å². The molecule has 4 amide bonds. The Morgan fingerprint density at radius 2 is 1.70 bits per heavy atom. The number of nitrogens with one attached hydrogen (secondary N) is 2. The van der Waals surface area contributed by atoms with E-state index in [1.54, 1.807) is 31.4 Å². The van der Waals surface area contributed by atoms with Crippen molar-refractivity contribution in [2.45, 2.75) is 6.42 Å². The van der Waals surface area contributed by atoms with Gasteiger partial charge in [0.05, 0.1) is 31.0 Å². The number of benzene rings is 2. The second-order valence-electron chi connectivity index (χ2n) is 6.51. The number of anilines is 2. The van der Waals surface area contributed by atoms with E-state index in [4.69, 9.17) is 14.2 Å². The zero-order valence-corrected chi connectivity index (χ0v) is 17.0. The zero-order valence-electron chi connectivity index (χ0n) is 17.0. The van der Waals surface area contributed by atoms with E-state index in [9.17, 15) is 14.4 Å². The second kappa shape index (κ2) is 9.27. The topological polar surface area (TPSA) is 106 Å². The summed E-state index contributed by atoms with van der Waals surface area (Å²) in [6.45, 7) is 0.732. The van der Waals surface area contributed by atoms with Gasteiger partial charge in [-0.1, -0.05) is 0 Å². The molecule has 3 rings (SSSR count). The minimum Gasteiger partial charge on any atom is -0.497 e. The highest BCUT2D eigenvalue weighted by Gasteiger charge is 2.35. The van der Waals surface area contributed by atoms with Crippen molar-refractivity contribution >= 4 is 29.2 Å². The molecule has 9 heteroatoms. The molecule has 0 aliphatic carbocycles. The predicted octanol–water partition coefficient (Wildman–Crippen LogP) is 2.98. The summed E-state index contributed by atoms with van der Waals surface area (Å²) in [4.78, 5) is 38.6. The van der Waals surface area contributed by atoms with Gasteiger partial charge in [0.1, 0.15) is 11.5 Å². The Hall–Kier alpha value is -3.59. The first-order valence-electron chi connectivity index (χ1n) is 9.27. The first-order valence-corrected chi connectivity index (χ1v) is 9.27. The number of carbonyl (C=O) groups is 3. The summed E-state index contributed by atoms with van der Waals surface area (Å²) in [6.07, 6.45) is 0.555. The minimum atomic E-state index is -0.521. The van der Waals surface area contributed by atoms with Gasteiger partial charge in [-0.25, -0.2) is 4.79 Å². The molecule has 0 bridgehead atoms. The molecule has 0 atom stereocenters. The maximum Gasteiger partial charge on any atom is 0.323 e. The SMILES string of the molecule is COCCCN1C(=O)c2ccc(NC(=O)Nc3ccc(OC)cc3OC)cc2C1=O. The molecule has 1 aliphatic heterocycles. The minimum absolute atomic E-state index is 0.261. The highest BCUT2D eigenvalue weighted by atomic mass is 16.5. The van der Waals surface area contributed by atoms with Crippen molar-refractivity contribution in [2.24, 2.45) is 0 Å². The van der Waals surface area contributed by atoms with E-state index in [0.717, 1.165) is 0 Å².